The van der Waals surface area contributed by atoms with Crippen LogP contribution < -0.4 is 4.74 Å². The number of carbonyl (C=O) groups is 3. The number of nitrogens with zero attached hydrogens (tertiary/aromatic N) is 2. The van der Waals surface area contributed by atoms with Crippen molar-refractivity contribution in [3.8, 4) is 5.75 Å². The van der Waals surface area contributed by atoms with Crippen LogP contribution in [0.2, 0.25) is 0 Å². The van der Waals surface area contributed by atoms with Crippen LogP contribution in [0.3, 0.4) is 0 Å². The van der Waals surface area contributed by atoms with Gasteiger partial charge in [0.2, 0.25) is 11.8 Å². The molecule has 6 rings (SSSR count). The number of hydrogen-bond acceptors (Lipinski definition) is 5. The van der Waals surface area contributed by atoms with Crippen LogP contribution in [0, 0.1) is 11.8 Å². The normalized spacial score (nSPS) is 24.3. The molecule has 3 aromatic rings. The molecule has 4 atom stereocenters. The first-order valence-corrected chi connectivity index (χ1v) is 11.7. The van der Waals surface area contributed by atoms with Crippen LogP contribution in [-0.4, -0.2) is 40.5 Å². The molecule has 2 amide bonds. The second kappa shape index (κ2) is 8.24. The fourth-order valence-electron chi connectivity index (χ4n) is 5.76. The van der Waals surface area contributed by atoms with E-state index in [9.17, 15) is 14.4 Å². The number of hydrogen-bond donors (Lipinski definition) is 0. The van der Waals surface area contributed by atoms with E-state index < -0.39 is 17.9 Å². The highest BCUT2D eigenvalue weighted by molar-refractivity contribution is 6.12. The summed E-state index contributed by atoms with van der Waals surface area (Å²) < 4.78 is 5.22. The Morgan fingerprint density at radius 3 is 2.29 bits per heavy atom. The molecule has 174 valence electrons. The first-order chi connectivity index (χ1) is 17.1. The number of ether oxygens (including phenoxy) is 1. The van der Waals surface area contributed by atoms with Crippen LogP contribution in [0.1, 0.15) is 33.1 Å². The Labute approximate surface area is 203 Å². The summed E-state index contributed by atoms with van der Waals surface area (Å²) in [4.78, 5) is 44.7. The van der Waals surface area contributed by atoms with E-state index in [-0.39, 0.29) is 30.2 Å². The van der Waals surface area contributed by atoms with Gasteiger partial charge < -0.3 is 9.64 Å². The molecular formula is C29H24N2O4. The van der Waals surface area contributed by atoms with Crippen molar-refractivity contribution in [2.45, 2.75) is 18.6 Å². The first-order valence-electron chi connectivity index (χ1n) is 11.7. The highest BCUT2D eigenvalue weighted by atomic mass is 16.5. The topological polar surface area (TPSA) is 66.9 Å². The maximum atomic E-state index is 13.8. The molecule has 0 N–H and O–H groups in total. The van der Waals surface area contributed by atoms with Gasteiger partial charge in [-0.05, 0) is 34.9 Å². The highest BCUT2D eigenvalue weighted by Gasteiger charge is 2.64. The Kier molecular flexibility index (Phi) is 5.02. The third-order valence-electron chi connectivity index (χ3n) is 7.38. The summed E-state index contributed by atoms with van der Waals surface area (Å²) >= 11 is 0. The number of benzene rings is 3. The molecule has 3 aliphatic heterocycles. The van der Waals surface area contributed by atoms with Crippen molar-refractivity contribution in [3.63, 3.8) is 0 Å². The Balaban J connectivity index is 1.42. The van der Waals surface area contributed by atoms with Gasteiger partial charge >= 0.3 is 0 Å². The number of carbonyl (C=O) groups excluding carboxylic acids is 3. The van der Waals surface area contributed by atoms with Crippen molar-refractivity contribution in [2.24, 2.45) is 11.8 Å². The Morgan fingerprint density at radius 2 is 1.54 bits per heavy atom. The van der Waals surface area contributed by atoms with Crippen LogP contribution in [0.25, 0.3) is 6.08 Å². The van der Waals surface area contributed by atoms with Crippen molar-refractivity contribution in [2.75, 3.05) is 7.11 Å². The SMILES string of the molecule is COc1ccc(CN2C(=O)C3C(C2=O)C2c4ccccc4C=CN2C3C(=O)c2ccccc2)cc1. The van der Waals surface area contributed by atoms with Gasteiger partial charge in [-0.1, -0.05) is 66.7 Å². The van der Waals surface area contributed by atoms with Gasteiger partial charge in [0.25, 0.3) is 0 Å². The van der Waals surface area contributed by atoms with Gasteiger partial charge in [0.05, 0.1) is 31.5 Å². The zero-order valence-corrected chi connectivity index (χ0v) is 19.2. The van der Waals surface area contributed by atoms with E-state index in [1.165, 1.54) is 4.90 Å². The molecule has 0 saturated carbocycles. The molecule has 3 aliphatic rings. The van der Waals surface area contributed by atoms with Crippen molar-refractivity contribution in [1.29, 1.82) is 0 Å². The summed E-state index contributed by atoms with van der Waals surface area (Å²) in [7, 11) is 1.59. The number of methoxy groups -OCH3 is 1. The van der Waals surface area contributed by atoms with Crippen LogP contribution in [0.5, 0.6) is 5.75 Å². The number of rotatable bonds is 5. The molecule has 0 bridgehead atoms. The highest BCUT2D eigenvalue weighted by Crippen LogP contribution is 2.53. The second-order valence-corrected chi connectivity index (χ2v) is 9.17. The summed E-state index contributed by atoms with van der Waals surface area (Å²) in [5.41, 5.74) is 3.35. The standard InChI is InChI=1S/C29H24N2O4/c1-35-21-13-11-18(12-14-21)17-31-28(33)23-24(29(31)34)26(27(32)20-8-3-2-4-9-20)30-16-15-19-7-5-6-10-22(19)25(23)30/h2-16,23-26H,17H2,1H3. The van der Waals surface area contributed by atoms with Gasteiger partial charge in [0, 0.05) is 11.8 Å². The summed E-state index contributed by atoms with van der Waals surface area (Å²) in [5, 5.41) is 0. The van der Waals surface area contributed by atoms with Gasteiger partial charge in [0.15, 0.2) is 5.78 Å². The van der Waals surface area contributed by atoms with Crippen molar-refractivity contribution >= 4 is 23.7 Å². The summed E-state index contributed by atoms with van der Waals surface area (Å²) in [6.45, 7) is 0.172. The number of fused-ring (bicyclic) bond motifs is 5. The molecule has 0 aromatic heterocycles. The monoisotopic (exact) mass is 464 g/mol. The lowest BCUT2D eigenvalue weighted by Gasteiger charge is -2.35. The van der Waals surface area contributed by atoms with Crippen LogP contribution in [-0.2, 0) is 16.1 Å². The molecule has 3 heterocycles. The van der Waals surface area contributed by atoms with Crippen LogP contribution in [0.4, 0.5) is 0 Å². The average Bonchev–Trinajstić information content (AvgIpc) is 3.37. The predicted octanol–water partition coefficient (Wildman–Crippen LogP) is 4.09. The smallest absolute Gasteiger partial charge is 0.236 e. The van der Waals surface area contributed by atoms with E-state index in [4.69, 9.17) is 4.74 Å². The molecule has 0 radical (unpaired) electrons. The minimum absolute atomic E-state index is 0.139. The first kappa shape index (κ1) is 21.4. The lowest BCUT2D eigenvalue weighted by Crippen LogP contribution is -2.44. The van der Waals surface area contributed by atoms with Gasteiger partial charge in [0.1, 0.15) is 11.8 Å². The average molecular weight is 465 g/mol. The Hall–Kier alpha value is -4.19. The van der Waals surface area contributed by atoms with Gasteiger partial charge in [-0.25, -0.2) is 0 Å². The van der Waals surface area contributed by atoms with Crippen molar-refractivity contribution in [3.05, 3.63) is 107 Å². The van der Waals surface area contributed by atoms with Crippen LogP contribution in [0.15, 0.2) is 85.1 Å². The molecule has 3 aromatic carbocycles. The van der Waals surface area contributed by atoms with E-state index in [2.05, 4.69) is 0 Å². The zero-order valence-electron chi connectivity index (χ0n) is 19.2. The molecule has 35 heavy (non-hydrogen) atoms. The third-order valence-corrected chi connectivity index (χ3v) is 7.38. The molecule has 0 spiro atoms. The number of Topliss-reactive ketones (excluding diaryl/α,β-unsaturated/α-hetero) is 1. The van der Waals surface area contributed by atoms with Gasteiger partial charge in [-0.2, -0.15) is 0 Å². The quantitative estimate of drug-likeness (QED) is 0.420. The van der Waals surface area contributed by atoms with E-state index in [0.29, 0.717) is 11.3 Å². The maximum absolute atomic E-state index is 13.8. The molecule has 2 fully saturated rings. The lowest BCUT2D eigenvalue weighted by atomic mass is 9.83. The predicted molar refractivity (Wildman–Crippen MR) is 130 cm³/mol. The summed E-state index contributed by atoms with van der Waals surface area (Å²) in [6, 6.07) is 23.1. The third kappa shape index (κ3) is 3.28. The molecule has 6 nitrogen and oxygen atoms in total. The van der Waals surface area contributed by atoms with Gasteiger partial charge in [-0.15, -0.1) is 0 Å². The minimum atomic E-state index is -0.741. The van der Waals surface area contributed by atoms with E-state index in [1.807, 2.05) is 83.9 Å². The number of imide groups is 1. The Morgan fingerprint density at radius 1 is 0.857 bits per heavy atom. The molecular weight excluding hydrogens is 440 g/mol. The van der Waals surface area contributed by atoms with Crippen molar-refractivity contribution in [1.82, 2.24) is 9.80 Å². The largest absolute Gasteiger partial charge is 0.497 e. The zero-order chi connectivity index (χ0) is 24.1. The lowest BCUT2D eigenvalue weighted by molar-refractivity contribution is -0.142. The fraction of sp³-hybridized carbons (Fsp3) is 0.207. The molecule has 0 aliphatic carbocycles. The second-order valence-electron chi connectivity index (χ2n) is 9.17. The van der Waals surface area contributed by atoms with Gasteiger partial charge in [-0.3, -0.25) is 19.3 Å². The Bertz CT molecular complexity index is 1350. The molecule has 6 heteroatoms. The summed E-state index contributed by atoms with van der Waals surface area (Å²) in [5.74, 6) is -1.30. The number of ketones is 1. The van der Waals surface area contributed by atoms with E-state index in [1.54, 1.807) is 19.2 Å². The van der Waals surface area contributed by atoms with Crippen LogP contribution >= 0.6 is 0 Å². The van der Waals surface area contributed by atoms with Crippen molar-refractivity contribution < 1.29 is 19.1 Å². The van der Waals surface area contributed by atoms with E-state index in [0.717, 1.165) is 16.7 Å². The summed E-state index contributed by atoms with van der Waals surface area (Å²) in [6.07, 6.45) is 3.84. The molecule has 2 saturated heterocycles. The fourth-order valence-corrected chi connectivity index (χ4v) is 5.76. The number of amides is 2. The number of likely N-dealkylation sites (tertiary alicyclic amines) is 1. The minimum Gasteiger partial charge on any atom is -0.497 e. The molecule has 4 unspecified atom stereocenters. The van der Waals surface area contributed by atoms with E-state index >= 15 is 0 Å². The maximum Gasteiger partial charge on any atom is 0.236 e.